The third-order valence-electron chi connectivity index (χ3n) is 4.01. The summed E-state index contributed by atoms with van der Waals surface area (Å²) >= 11 is -2.36. The summed E-state index contributed by atoms with van der Waals surface area (Å²) in [4.78, 5) is 0. The first kappa shape index (κ1) is 19.5. The fraction of sp³-hybridized carbons (Fsp3) is 0.400. The molecular weight excluding hydrogens is 370 g/mol. The summed E-state index contributed by atoms with van der Waals surface area (Å²) in [6.45, 7) is 9.91. The standard InChI is InChI=1S/2C5H5.C3H6.C2H6Si.2ClH.Zr/c2*1-2-4-5-3-1;2*1-3-2;;;/h2*1-3H,4H2;2*1-2H3;2*1H;. The molecule has 0 N–H and O–H groups in total. The van der Waals surface area contributed by atoms with Gasteiger partial charge in [0.1, 0.15) is 0 Å². The molecule has 0 fully saturated rings. The smallest absolute Gasteiger partial charge is 0.147 e. The predicted molar refractivity (Wildman–Crippen MR) is 92.0 cm³/mol. The van der Waals surface area contributed by atoms with Crippen LogP contribution in [0.25, 0.3) is 0 Å². The maximum atomic E-state index is 2.55. The van der Waals surface area contributed by atoms with Crippen molar-refractivity contribution < 1.29 is 18.4 Å². The summed E-state index contributed by atoms with van der Waals surface area (Å²) in [5, 5.41) is 0. The minimum Gasteiger partial charge on any atom is -0.147 e. The Hall–Kier alpha value is 0.510. The van der Waals surface area contributed by atoms with E-state index in [1.54, 1.807) is 3.21 Å². The van der Waals surface area contributed by atoms with Crippen molar-refractivity contribution in [2.45, 2.75) is 39.8 Å². The van der Waals surface area contributed by atoms with E-state index in [9.17, 15) is 0 Å². The van der Waals surface area contributed by atoms with Gasteiger partial charge in [-0.25, -0.2) is 0 Å². The van der Waals surface area contributed by atoms with E-state index in [2.05, 4.69) is 63.4 Å². The van der Waals surface area contributed by atoms with Crippen molar-refractivity contribution in [2.75, 3.05) is 0 Å². The monoisotopic (exact) mass is 392 g/mol. The van der Waals surface area contributed by atoms with Gasteiger partial charge in [0.15, 0.2) is 0 Å². The van der Waals surface area contributed by atoms with Gasteiger partial charge in [-0.1, -0.05) is 0 Å². The molecule has 0 aromatic carbocycles. The first-order valence-electron chi connectivity index (χ1n) is 6.43. The Labute approximate surface area is 134 Å². The Morgan fingerprint density at radius 3 is 1.58 bits per heavy atom. The molecule has 0 atom stereocenters. The fourth-order valence-electron chi connectivity index (χ4n) is 3.44. The van der Waals surface area contributed by atoms with Gasteiger partial charge in [0.25, 0.3) is 0 Å². The van der Waals surface area contributed by atoms with E-state index in [1.165, 1.54) is 12.8 Å². The quantitative estimate of drug-likeness (QED) is 0.569. The molecule has 0 spiro atoms. The number of rotatable bonds is 2. The fourth-order valence-corrected chi connectivity index (χ4v) is 32.7. The van der Waals surface area contributed by atoms with E-state index >= 15 is 0 Å². The van der Waals surface area contributed by atoms with Crippen LogP contribution < -0.4 is 0 Å². The molecule has 0 aromatic heterocycles. The zero-order valence-electron chi connectivity index (χ0n) is 12.2. The largest absolute Gasteiger partial charge is 0.147 e. The van der Waals surface area contributed by atoms with Gasteiger partial charge in [0.05, 0.1) is 0 Å². The molecule has 0 heterocycles. The van der Waals surface area contributed by atoms with Crippen LogP contribution >= 0.6 is 24.8 Å². The average molecular weight is 395 g/mol. The summed E-state index contributed by atoms with van der Waals surface area (Å²) < 4.78 is 5.43. The van der Waals surface area contributed by atoms with Crippen molar-refractivity contribution in [1.82, 2.24) is 0 Å². The van der Waals surface area contributed by atoms with Gasteiger partial charge < -0.3 is 0 Å². The molecule has 2 rings (SSSR count). The van der Waals surface area contributed by atoms with Crippen LogP contribution in [-0.4, -0.2) is 8.64 Å². The summed E-state index contributed by atoms with van der Waals surface area (Å²) in [5.74, 6) is 0. The first-order valence-corrected chi connectivity index (χ1v) is 16.3. The Morgan fingerprint density at radius 1 is 0.947 bits per heavy atom. The van der Waals surface area contributed by atoms with E-state index in [0.717, 1.165) is 0 Å². The molecule has 2 aliphatic rings. The van der Waals surface area contributed by atoms with E-state index in [-0.39, 0.29) is 30.2 Å². The number of allylic oxidation sites excluding steroid dienone is 8. The Bertz CT molecular complexity index is 519. The molecule has 106 valence electrons. The SMILES string of the molecule is C[C](C)=[Zr]([C]1=CC=CC1)([C]1=CC=CC1)=[Si](C)C.Cl.Cl. The van der Waals surface area contributed by atoms with Crippen molar-refractivity contribution in [3.63, 3.8) is 0 Å². The first-order chi connectivity index (χ1) is 8.10. The second kappa shape index (κ2) is 8.08. The molecule has 19 heavy (non-hydrogen) atoms. The van der Waals surface area contributed by atoms with Crippen LogP contribution in [0.1, 0.15) is 26.7 Å². The van der Waals surface area contributed by atoms with Gasteiger partial charge in [-0.2, -0.15) is 0 Å². The maximum absolute atomic E-state index is 2.55. The van der Waals surface area contributed by atoms with E-state index in [1.807, 2.05) is 6.56 Å². The molecule has 0 amide bonds. The van der Waals surface area contributed by atoms with Crippen molar-refractivity contribution >= 4 is 33.5 Å². The van der Waals surface area contributed by atoms with E-state index in [4.69, 9.17) is 0 Å². The summed E-state index contributed by atoms with van der Waals surface area (Å²) in [6.07, 6.45) is 16.6. The van der Waals surface area contributed by atoms with E-state index in [0.29, 0.717) is 0 Å². The zero-order valence-corrected chi connectivity index (χ0v) is 17.3. The number of halogens is 2. The molecule has 0 saturated carbocycles. The van der Waals surface area contributed by atoms with Crippen LogP contribution in [0.3, 0.4) is 0 Å². The van der Waals surface area contributed by atoms with Crippen molar-refractivity contribution in [2.24, 2.45) is 0 Å². The van der Waals surface area contributed by atoms with Crippen LogP contribution in [0.2, 0.25) is 13.1 Å². The molecule has 2 aliphatic carbocycles. The number of hydrogen-bond acceptors (Lipinski definition) is 0. The molecule has 4 heteroatoms. The summed E-state index contributed by atoms with van der Waals surface area (Å²) in [5.41, 5.74) is -0.241. The van der Waals surface area contributed by atoms with Crippen LogP contribution in [0.5, 0.6) is 0 Å². The minimum atomic E-state index is -2.36. The maximum Gasteiger partial charge on any atom is -0.147 e. The van der Waals surface area contributed by atoms with Gasteiger partial charge in [-0.05, 0) is 0 Å². The van der Waals surface area contributed by atoms with Crippen molar-refractivity contribution in [1.29, 1.82) is 0 Å². The van der Waals surface area contributed by atoms with Crippen LogP contribution in [0.4, 0.5) is 0 Å². The molecular formula is C15H24Cl2SiZr. The van der Waals surface area contributed by atoms with Crippen molar-refractivity contribution in [3.05, 3.63) is 43.0 Å². The molecule has 0 radical (unpaired) electrons. The van der Waals surface area contributed by atoms with Gasteiger partial charge >= 0.3 is 110 Å². The molecule has 0 bridgehead atoms. The van der Waals surface area contributed by atoms with Gasteiger partial charge in [0.2, 0.25) is 0 Å². The Morgan fingerprint density at radius 2 is 1.37 bits per heavy atom. The molecule has 0 saturated heterocycles. The summed E-state index contributed by atoms with van der Waals surface area (Å²) in [7, 11) is 0. The molecule has 0 aliphatic heterocycles. The second-order valence-electron chi connectivity index (χ2n) is 5.40. The molecule has 0 unspecified atom stereocenters. The third kappa shape index (κ3) is 3.40. The Kier molecular flexibility index (Phi) is 8.29. The molecule has 0 nitrogen and oxygen atoms in total. The zero-order chi connectivity index (χ0) is 12.5. The molecule has 0 aromatic rings. The van der Waals surface area contributed by atoms with Crippen LogP contribution in [-0.2, 0) is 18.4 Å². The van der Waals surface area contributed by atoms with Gasteiger partial charge in [-0.3, -0.25) is 0 Å². The second-order valence-corrected chi connectivity index (χ2v) is 28.5. The van der Waals surface area contributed by atoms with Gasteiger partial charge in [-0.15, -0.1) is 24.8 Å². The Balaban J connectivity index is 0.00000162. The third-order valence-corrected chi connectivity index (χ3v) is 33.6. The summed E-state index contributed by atoms with van der Waals surface area (Å²) in [6, 6.07) is 0. The minimum absolute atomic E-state index is 0. The normalized spacial score (nSPS) is 15.6. The van der Waals surface area contributed by atoms with Crippen LogP contribution in [0, 0.1) is 0 Å². The predicted octanol–water partition coefficient (Wildman–Crippen LogP) is 5.13. The van der Waals surface area contributed by atoms with Gasteiger partial charge in [0, 0.05) is 0 Å². The average Bonchev–Trinajstić information content (AvgIpc) is 2.88. The number of hydrogen-bond donors (Lipinski definition) is 0. The van der Waals surface area contributed by atoms with E-state index < -0.39 is 18.4 Å². The van der Waals surface area contributed by atoms with Crippen LogP contribution in [0.15, 0.2) is 43.0 Å². The topological polar surface area (TPSA) is 0 Å². The van der Waals surface area contributed by atoms with Crippen molar-refractivity contribution in [3.8, 4) is 0 Å².